The van der Waals surface area contributed by atoms with Gasteiger partial charge in [0.15, 0.2) is 11.6 Å². The summed E-state index contributed by atoms with van der Waals surface area (Å²) in [5.41, 5.74) is 7.07. The number of ether oxygens (including phenoxy) is 1. The molecule has 1 aliphatic rings. The van der Waals surface area contributed by atoms with Crippen LogP contribution in [-0.4, -0.2) is 12.9 Å². The molecule has 1 saturated carbocycles. The Balaban J connectivity index is 1.56. The van der Waals surface area contributed by atoms with Crippen LogP contribution in [-0.2, 0) is 0 Å². The summed E-state index contributed by atoms with van der Waals surface area (Å²) >= 11 is 0. The van der Waals surface area contributed by atoms with Gasteiger partial charge in [-0.05, 0) is 90.6 Å². The highest BCUT2D eigenvalue weighted by molar-refractivity contribution is 5.72. The van der Waals surface area contributed by atoms with Gasteiger partial charge in [-0.2, -0.15) is 0 Å². The van der Waals surface area contributed by atoms with Crippen LogP contribution in [0.5, 0.6) is 5.75 Å². The Bertz CT molecular complexity index is 1130. The molecule has 0 amide bonds. The molecule has 0 radical (unpaired) electrons. The van der Waals surface area contributed by atoms with Crippen molar-refractivity contribution in [1.29, 1.82) is 0 Å². The molecule has 0 spiro atoms. The Kier molecular flexibility index (Phi) is 6.89. The van der Waals surface area contributed by atoms with Crippen LogP contribution < -0.4 is 10.5 Å². The minimum atomic E-state index is -5.08. The lowest BCUT2D eigenvalue weighted by Crippen LogP contribution is -2.20. The van der Waals surface area contributed by atoms with Crippen molar-refractivity contribution < 1.29 is 31.1 Å². The van der Waals surface area contributed by atoms with Crippen LogP contribution >= 0.6 is 0 Å². The maximum atomic E-state index is 14.8. The van der Waals surface area contributed by atoms with Crippen LogP contribution in [0.25, 0.3) is 22.3 Å². The average Bonchev–Trinajstić information content (AvgIpc) is 2.80. The van der Waals surface area contributed by atoms with E-state index >= 15 is 0 Å². The van der Waals surface area contributed by atoms with Gasteiger partial charge in [0.05, 0.1) is 5.56 Å². The molecule has 8 heteroatoms. The molecule has 3 aromatic rings. The second kappa shape index (κ2) is 9.70. The van der Waals surface area contributed by atoms with E-state index in [1.807, 2.05) is 12.1 Å². The van der Waals surface area contributed by atoms with Gasteiger partial charge in [-0.15, -0.1) is 13.2 Å². The minimum Gasteiger partial charge on any atom is -0.403 e. The van der Waals surface area contributed by atoms with E-state index in [-0.39, 0.29) is 5.56 Å². The first-order valence-electron chi connectivity index (χ1n) is 11.0. The predicted octanol–water partition coefficient (Wildman–Crippen LogP) is 7.57. The third-order valence-corrected chi connectivity index (χ3v) is 6.38. The van der Waals surface area contributed by atoms with Gasteiger partial charge >= 0.3 is 6.36 Å². The van der Waals surface area contributed by atoms with E-state index in [1.54, 1.807) is 12.1 Å². The van der Waals surface area contributed by atoms with Crippen molar-refractivity contribution in [1.82, 2.24) is 0 Å². The van der Waals surface area contributed by atoms with E-state index in [1.165, 1.54) is 5.56 Å². The molecular weight excluding hydrogens is 456 g/mol. The van der Waals surface area contributed by atoms with Gasteiger partial charge < -0.3 is 10.5 Å². The zero-order valence-electron chi connectivity index (χ0n) is 18.1. The second-order valence-corrected chi connectivity index (χ2v) is 8.58. The van der Waals surface area contributed by atoms with E-state index in [0.29, 0.717) is 41.6 Å². The highest BCUT2D eigenvalue weighted by Gasteiger charge is 2.32. The van der Waals surface area contributed by atoms with Crippen LogP contribution in [0.2, 0.25) is 0 Å². The fourth-order valence-corrected chi connectivity index (χ4v) is 4.56. The molecule has 0 bridgehead atoms. The second-order valence-electron chi connectivity index (χ2n) is 8.58. The van der Waals surface area contributed by atoms with E-state index in [9.17, 15) is 26.3 Å². The lowest BCUT2D eigenvalue weighted by Gasteiger charge is -2.28. The van der Waals surface area contributed by atoms with Crippen molar-refractivity contribution in [3.63, 3.8) is 0 Å². The maximum Gasteiger partial charge on any atom is 0.573 e. The van der Waals surface area contributed by atoms with Gasteiger partial charge in [-0.3, -0.25) is 0 Å². The van der Waals surface area contributed by atoms with Crippen molar-refractivity contribution in [2.45, 2.75) is 38.0 Å². The molecule has 0 atom stereocenters. The summed E-state index contributed by atoms with van der Waals surface area (Å²) in [6.07, 6.45) is -0.791. The Morgan fingerprint density at radius 1 is 0.735 bits per heavy atom. The van der Waals surface area contributed by atoms with Gasteiger partial charge in [0.1, 0.15) is 11.6 Å². The van der Waals surface area contributed by atoms with Crippen LogP contribution in [0.3, 0.4) is 0 Å². The molecule has 0 aliphatic heterocycles. The fourth-order valence-electron chi connectivity index (χ4n) is 4.56. The minimum absolute atomic E-state index is 0.239. The van der Waals surface area contributed by atoms with Gasteiger partial charge in [-0.1, -0.05) is 30.3 Å². The molecule has 2 nitrogen and oxygen atoms in total. The van der Waals surface area contributed by atoms with Gasteiger partial charge in [-0.25, -0.2) is 13.2 Å². The summed E-state index contributed by atoms with van der Waals surface area (Å²) in [6, 6.07) is 12.0. The van der Waals surface area contributed by atoms with Crippen LogP contribution in [0, 0.1) is 23.4 Å². The van der Waals surface area contributed by atoms with E-state index in [4.69, 9.17) is 5.73 Å². The Hall–Kier alpha value is -3.00. The van der Waals surface area contributed by atoms with Gasteiger partial charge in [0.2, 0.25) is 0 Å². The number of alkyl halides is 3. The van der Waals surface area contributed by atoms with Crippen molar-refractivity contribution in [3.8, 4) is 28.0 Å². The smallest absolute Gasteiger partial charge is 0.403 e. The molecule has 0 unspecified atom stereocenters. The monoisotopic (exact) mass is 479 g/mol. The third kappa shape index (κ3) is 5.38. The quantitative estimate of drug-likeness (QED) is 0.383. The molecule has 180 valence electrons. The molecule has 0 saturated heterocycles. The normalized spacial score (nSPS) is 18.7. The van der Waals surface area contributed by atoms with Crippen molar-refractivity contribution in [2.24, 2.45) is 11.7 Å². The molecule has 3 aromatic carbocycles. The zero-order valence-corrected chi connectivity index (χ0v) is 18.1. The lowest BCUT2D eigenvalue weighted by atomic mass is 9.78. The molecular formula is C26H23F6NO. The summed E-state index contributed by atoms with van der Waals surface area (Å²) in [5.74, 6) is -3.36. The first kappa shape index (κ1) is 24.1. The SMILES string of the molecule is NCC1CCC(c2ccc(-c3cc(F)c(-c4ccc(OC(F)(F)F)c(F)c4)c(F)c3)cc2)CC1. The summed E-state index contributed by atoms with van der Waals surface area (Å²) in [7, 11) is 0. The third-order valence-electron chi connectivity index (χ3n) is 6.38. The Labute approximate surface area is 193 Å². The summed E-state index contributed by atoms with van der Waals surface area (Å²) < 4.78 is 84.3. The van der Waals surface area contributed by atoms with E-state index in [0.717, 1.165) is 43.9 Å². The molecule has 0 heterocycles. The highest BCUT2D eigenvalue weighted by atomic mass is 19.4. The van der Waals surface area contributed by atoms with Crippen molar-refractivity contribution >= 4 is 0 Å². The zero-order chi connectivity index (χ0) is 24.5. The molecule has 2 N–H and O–H groups in total. The standard InChI is InChI=1S/C26H23F6NO/c27-21-11-19(9-10-24(21)34-26(30,31)32)25-22(28)12-20(13-23(25)29)18-7-5-17(6-8-18)16-3-1-15(14-33)2-4-16/h5-13,15-16H,1-4,14,33H2. The highest BCUT2D eigenvalue weighted by Crippen LogP contribution is 2.37. The average molecular weight is 479 g/mol. The number of halogens is 6. The van der Waals surface area contributed by atoms with Crippen LogP contribution in [0.1, 0.15) is 37.2 Å². The predicted molar refractivity (Wildman–Crippen MR) is 118 cm³/mol. The van der Waals surface area contributed by atoms with Crippen molar-refractivity contribution in [2.75, 3.05) is 6.54 Å². The van der Waals surface area contributed by atoms with Gasteiger partial charge in [0.25, 0.3) is 0 Å². The number of hydrogen-bond donors (Lipinski definition) is 1. The first-order valence-corrected chi connectivity index (χ1v) is 11.0. The van der Waals surface area contributed by atoms with Crippen molar-refractivity contribution in [3.05, 3.63) is 77.6 Å². The topological polar surface area (TPSA) is 35.2 Å². The number of hydrogen-bond acceptors (Lipinski definition) is 2. The van der Waals surface area contributed by atoms with Gasteiger partial charge in [0, 0.05) is 0 Å². The Morgan fingerprint density at radius 2 is 1.29 bits per heavy atom. The molecule has 4 rings (SSSR count). The first-order chi connectivity index (χ1) is 16.1. The summed E-state index contributed by atoms with van der Waals surface area (Å²) in [5, 5.41) is 0. The number of rotatable bonds is 5. The number of nitrogens with two attached hydrogens (primary N) is 1. The van der Waals surface area contributed by atoms with Crippen LogP contribution in [0.15, 0.2) is 54.6 Å². The molecule has 1 fully saturated rings. The largest absolute Gasteiger partial charge is 0.573 e. The number of benzene rings is 3. The fraction of sp³-hybridized carbons (Fsp3) is 0.308. The summed E-state index contributed by atoms with van der Waals surface area (Å²) in [4.78, 5) is 0. The van der Waals surface area contributed by atoms with Crippen LogP contribution in [0.4, 0.5) is 26.3 Å². The summed E-state index contributed by atoms with van der Waals surface area (Å²) in [6.45, 7) is 0.705. The molecule has 1 aliphatic carbocycles. The Morgan fingerprint density at radius 3 is 1.82 bits per heavy atom. The van der Waals surface area contributed by atoms with E-state index in [2.05, 4.69) is 4.74 Å². The maximum absolute atomic E-state index is 14.8. The lowest BCUT2D eigenvalue weighted by molar-refractivity contribution is -0.275. The molecule has 0 aromatic heterocycles. The van der Waals surface area contributed by atoms with E-state index < -0.39 is 35.1 Å². The molecule has 34 heavy (non-hydrogen) atoms.